The smallest absolute Gasteiger partial charge is 0.453 e. The van der Waals surface area contributed by atoms with Gasteiger partial charge in [-0.05, 0) is 93.7 Å². The maximum atomic E-state index is 15.1. The Hall–Kier alpha value is -6.55. The van der Waals surface area contributed by atoms with E-state index < -0.39 is 76.4 Å². The number of aromatic nitrogens is 2. The highest BCUT2D eigenvalue weighted by Crippen LogP contribution is 2.30. The summed E-state index contributed by atoms with van der Waals surface area (Å²) in [5.74, 6) is -0.969. The maximum Gasteiger partial charge on any atom is 0.509 e. The molecular weight excluding hydrogens is 891 g/mol. The number of nitrogens with one attached hydrogen (secondary N) is 3. The number of rotatable bonds is 18. The van der Waals surface area contributed by atoms with Crippen LogP contribution >= 0.6 is 0 Å². The van der Waals surface area contributed by atoms with Crippen LogP contribution in [0.3, 0.4) is 0 Å². The summed E-state index contributed by atoms with van der Waals surface area (Å²) in [5, 5.41) is 19.7. The van der Waals surface area contributed by atoms with Gasteiger partial charge in [-0.15, -0.1) is 0 Å². The summed E-state index contributed by atoms with van der Waals surface area (Å²) in [4.78, 5) is 82.7. The number of amides is 5. The molecule has 0 saturated carbocycles. The molecule has 16 nitrogen and oxygen atoms in total. The van der Waals surface area contributed by atoms with Crippen LogP contribution in [0.4, 0.5) is 14.4 Å². The molecular formula is C54H73N7O9. The van der Waals surface area contributed by atoms with Gasteiger partial charge in [0.25, 0.3) is 0 Å². The Morgan fingerprint density at radius 3 is 1.97 bits per heavy atom. The van der Waals surface area contributed by atoms with E-state index in [9.17, 15) is 24.3 Å². The lowest BCUT2D eigenvalue weighted by Gasteiger charge is -2.39. The molecule has 0 spiro atoms. The van der Waals surface area contributed by atoms with E-state index in [-0.39, 0.29) is 38.4 Å². The van der Waals surface area contributed by atoms with Crippen molar-refractivity contribution in [3.05, 3.63) is 120 Å². The molecule has 0 bridgehead atoms. The largest absolute Gasteiger partial charge is 0.509 e. The predicted octanol–water partition coefficient (Wildman–Crippen LogP) is 7.96. The van der Waals surface area contributed by atoms with Crippen LogP contribution in [0, 0.1) is 10.8 Å². The van der Waals surface area contributed by atoms with Gasteiger partial charge in [-0.25, -0.2) is 14.4 Å². The van der Waals surface area contributed by atoms with Crippen LogP contribution in [0.2, 0.25) is 0 Å². The van der Waals surface area contributed by atoms with Crippen molar-refractivity contribution in [1.29, 1.82) is 0 Å². The number of carbonyl (C=O) groups is 5. The second-order valence-electron chi connectivity index (χ2n) is 21.7. The second kappa shape index (κ2) is 22.9. The van der Waals surface area contributed by atoms with Crippen LogP contribution in [-0.2, 0) is 48.8 Å². The van der Waals surface area contributed by atoms with Crippen LogP contribution in [0.25, 0.3) is 11.3 Å². The van der Waals surface area contributed by atoms with Crippen molar-refractivity contribution in [2.45, 2.75) is 143 Å². The highest BCUT2D eigenvalue weighted by atomic mass is 16.7. The van der Waals surface area contributed by atoms with Crippen LogP contribution < -0.4 is 16.0 Å². The second-order valence-corrected chi connectivity index (χ2v) is 21.7. The number of ether oxygens (including phenoxy) is 3. The van der Waals surface area contributed by atoms with Crippen molar-refractivity contribution in [2.75, 3.05) is 20.2 Å². The summed E-state index contributed by atoms with van der Waals surface area (Å²) in [6.45, 7) is 20.3. The molecule has 70 heavy (non-hydrogen) atoms. The number of nitrogens with zero attached hydrogens (tertiary/aromatic N) is 4. The van der Waals surface area contributed by atoms with Gasteiger partial charge in [0.1, 0.15) is 29.4 Å². The van der Waals surface area contributed by atoms with Gasteiger partial charge in [0, 0.05) is 37.3 Å². The Kier molecular flexibility index (Phi) is 17.8. The van der Waals surface area contributed by atoms with Gasteiger partial charge >= 0.3 is 18.3 Å². The Labute approximate surface area is 413 Å². The fourth-order valence-electron chi connectivity index (χ4n) is 8.43. The summed E-state index contributed by atoms with van der Waals surface area (Å²) in [6.07, 6.45) is -0.744. The number of carbonyl (C=O) groups excluding carboxylic acids is 5. The minimum Gasteiger partial charge on any atom is -0.453 e. The van der Waals surface area contributed by atoms with Gasteiger partial charge < -0.3 is 45.1 Å². The van der Waals surface area contributed by atoms with E-state index in [0.717, 1.165) is 22.4 Å². The number of hydrogen-bond donors (Lipinski definition) is 4. The van der Waals surface area contributed by atoms with E-state index in [0.29, 0.717) is 17.9 Å². The minimum absolute atomic E-state index is 0.0207. The minimum atomic E-state index is -1.18. The number of benzene rings is 2. The van der Waals surface area contributed by atoms with E-state index in [1.165, 1.54) is 7.11 Å². The fraction of sp³-hybridized carbons (Fsp3) is 0.500. The summed E-state index contributed by atoms with van der Waals surface area (Å²) in [5.41, 5.74) is 0.753. The van der Waals surface area contributed by atoms with Gasteiger partial charge in [-0.3, -0.25) is 19.6 Å². The summed E-state index contributed by atoms with van der Waals surface area (Å²) < 4.78 is 16.9. The molecule has 2 aromatic carbocycles. The van der Waals surface area contributed by atoms with Gasteiger partial charge in [0.05, 0.1) is 36.8 Å². The number of methoxy groups -OCH3 is 1. The zero-order valence-corrected chi connectivity index (χ0v) is 42.9. The van der Waals surface area contributed by atoms with Gasteiger partial charge in [-0.2, -0.15) is 0 Å². The summed E-state index contributed by atoms with van der Waals surface area (Å²) in [7, 11) is 1.22. The van der Waals surface area contributed by atoms with E-state index >= 15 is 4.79 Å². The third-order valence-electron chi connectivity index (χ3n) is 11.8. The van der Waals surface area contributed by atoms with Crippen molar-refractivity contribution in [1.82, 2.24) is 35.7 Å². The lowest BCUT2D eigenvalue weighted by Crippen LogP contribution is -2.60. The molecule has 3 heterocycles. The SMILES string of the molecule is COC(=O)N[C@H](C(=O)N[C@H](Cc1ccc(-c2ccccn2)cc1)C[C@H](OC(=O)OC(C)(C)C)[C@H](Cc1ccccc1)NC(=O)[C@@H](N1CCN(Cc2cccc(C(C)(C)O)n2)C1=O)C(C)(C)C)C(C)(C)C. The number of pyridine rings is 2. The highest BCUT2D eigenvalue weighted by Gasteiger charge is 2.45. The van der Waals surface area contributed by atoms with Crippen LogP contribution in [0.1, 0.15) is 105 Å². The molecule has 4 N–H and O–H groups in total. The Balaban J connectivity index is 1.54. The first-order chi connectivity index (χ1) is 32.7. The molecule has 1 saturated heterocycles. The van der Waals surface area contributed by atoms with Crippen LogP contribution in [-0.4, -0.2) is 111 Å². The molecule has 1 fully saturated rings. The molecule has 0 radical (unpaired) electrons. The zero-order valence-electron chi connectivity index (χ0n) is 42.9. The number of aliphatic hydroxyl groups is 1. The topological polar surface area (TPSA) is 202 Å². The van der Waals surface area contributed by atoms with Crippen molar-refractivity contribution in [3.63, 3.8) is 0 Å². The zero-order chi connectivity index (χ0) is 51.6. The highest BCUT2D eigenvalue weighted by molar-refractivity contribution is 5.89. The van der Waals surface area contributed by atoms with Gasteiger partial charge in [0.15, 0.2) is 0 Å². The molecule has 5 amide bonds. The molecule has 0 aliphatic carbocycles. The molecule has 2 aromatic heterocycles. The van der Waals surface area contributed by atoms with Crippen molar-refractivity contribution in [2.24, 2.45) is 10.8 Å². The normalized spacial score (nSPS) is 15.5. The number of urea groups is 1. The lowest BCUT2D eigenvalue weighted by molar-refractivity contribution is -0.131. The Bertz CT molecular complexity index is 2390. The van der Waals surface area contributed by atoms with E-state index in [1.807, 2.05) is 114 Å². The van der Waals surface area contributed by atoms with E-state index in [2.05, 4.69) is 25.9 Å². The first-order valence-corrected chi connectivity index (χ1v) is 23.9. The molecule has 0 unspecified atom stereocenters. The van der Waals surface area contributed by atoms with Crippen molar-refractivity contribution >= 4 is 30.1 Å². The van der Waals surface area contributed by atoms with E-state index in [4.69, 9.17) is 14.2 Å². The van der Waals surface area contributed by atoms with E-state index in [1.54, 1.807) is 68.8 Å². The van der Waals surface area contributed by atoms with Crippen LogP contribution in [0.5, 0.6) is 0 Å². The predicted molar refractivity (Wildman–Crippen MR) is 267 cm³/mol. The number of hydrogen-bond acceptors (Lipinski definition) is 11. The molecule has 1 aliphatic heterocycles. The first kappa shape index (κ1) is 54.4. The lowest BCUT2D eigenvalue weighted by atomic mass is 9.84. The third kappa shape index (κ3) is 15.7. The molecule has 5 atom stereocenters. The van der Waals surface area contributed by atoms with Gasteiger partial charge in [-0.1, -0.05) is 108 Å². The quantitative estimate of drug-likeness (QED) is 0.0705. The molecule has 5 rings (SSSR count). The van der Waals surface area contributed by atoms with Crippen molar-refractivity contribution in [3.8, 4) is 11.3 Å². The third-order valence-corrected chi connectivity index (χ3v) is 11.8. The molecule has 16 heteroatoms. The fourth-order valence-corrected chi connectivity index (χ4v) is 8.43. The van der Waals surface area contributed by atoms with Crippen LogP contribution in [0.15, 0.2) is 97.2 Å². The molecule has 1 aliphatic rings. The number of alkyl carbamates (subject to hydrolysis) is 1. The average molecular weight is 964 g/mol. The maximum absolute atomic E-state index is 15.1. The monoisotopic (exact) mass is 964 g/mol. The van der Waals surface area contributed by atoms with Gasteiger partial charge in [0.2, 0.25) is 11.8 Å². The Morgan fingerprint density at radius 1 is 0.729 bits per heavy atom. The molecule has 378 valence electrons. The molecule has 4 aromatic rings. The Morgan fingerprint density at radius 2 is 1.39 bits per heavy atom. The first-order valence-electron chi connectivity index (χ1n) is 23.9. The average Bonchev–Trinajstić information content (AvgIpc) is 3.61. The standard InChI is InChI=1S/C54H73N7O9/c1-51(2,3)44(59-48(64)68-12)46(62)57-39(31-36-24-26-37(27-25-36)40-22-16-17-28-55-40)33-42(69-50(66)70-53(7,8)9)41(32-35-19-14-13-15-20-35)58-47(63)45(52(4,5)6)61-30-29-60(49(61)65)34-38-21-18-23-43(56-38)54(10,11)67/h13-28,39,41-42,44-45,67H,29-34H2,1-12H3,(H,57,62)(H,58,63)(H,59,64)/t39-,41+,42+,44-,45-/m1/s1. The summed E-state index contributed by atoms with van der Waals surface area (Å²) in [6, 6.07) is 24.1. The summed E-state index contributed by atoms with van der Waals surface area (Å²) >= 11 is 0. The van der Waals surface area contributed by atoms with Crippen molar-refractivity contribution < 1.29 is 43.3 Å².